The molecule has 0 radical (unpaired) electrons. The minimum atomic E-state index is -3.71. The molecule has 2 heterocycles. The first-order valence-corrected chi connectivity index (χ1v) is 9.91. The van der Waals surface area contributed by atoms with Crippen LogP contribution in [-0.4, -0.2) is 45.1 Å². The van der Waals surface area contributed by atoms with Crippen LogP contribution >= 0.6 is 11.8 Å². The van der Waals surface area contributed by atoms with Crippen LogP contribution in [0.4, 0.5) is 10.5 Å². The fraction of sp³-hybridized carbons (Fsp3) is 0.429. The van der Waals surface area contributed by atoms with Gasteiger partial charge in [-0.3, -0.25) is 9.69 Å². The Morgan fingerprint density at radius 2 is 2.13 bits per heavy atom. The van der Waals surface area contributed by atoms with E-state index in [1.54, 1.807) is 30.0 Å². The topological polar surface area (TPSA) is 90.0 Å². The lowest BCUT2D eigenvalue weighted by Gasteiger charge is -2.15. The van der Waals surface area contributed by atoms with Gasteiger partial charge in [-0.15, -0.1) is 0 Å². The summed E-state index contributed by atoms with van der Waals surface area (Å²) in [6.07, 6.45) is -0.430. The van der Waals surface area contributed by atoms with Gasteiger partial charge in [0.15, 0.2) is 5.78 Å². The first-order valence-electron chi connectivity index (χ1n) is 6.94. The molecule has 1 atom stereocenters. The molecule has 0 unspecified atom stereocenters. The van der Waals surface area contributed by atoms with Crippen molar-refractivity contribution in [1.29, 1.82) is 0 Å². The highest BCUT2D eigenvalue weighted by atomic mass is 32.2. The number of fused-ring (bicyclic) bond motifs is 1. The number of ketones is 1. The Balaban J connectivity index is 1.84. The van der Waals surface area contributed by atoms with E-state index < -0.39 is 22.5 Å². The molecule has 2 aliphatic heterocycles. The summed E-state index contributed by atoms with van der Waals surface area (Å²) in [7, 11) is -3.71. The molecule has 1 amide bonds. The van der Waals surface area contributed by atoms with Crippen molar-refractivity contribution < 1.29 is 26.9 Å². The highest BCUT2D eigenvalue weighted by Crippen LogP contribution is 2.30. The van der Waals surface area contributed by atoms with Crippen LogP contribution in [-0.2, 0) is 24.8 Å². The molecule has 0 saturated carbocycles. The summed E-state index contributed by atoms with van der Waals surface area (Å²) in [6, 6.07) is 5.14. The van der Waals surface area contributed by atoms with Crippen molar-refractivity contribution in [1.82, 2.24) is 0 Å². The fourth-order valence-corrected chi connectivity index (χ4v) is 3.94. The molecule has 1 aromatic rings. The molecular formula is C14H15NO6S2. The van der Waals surface area contributed by atoms with Crippen LogP contribution in [0.3, 0.4) is 0 Å². The van der Waals surface area contributed by atoms with Crippen LogP contribution in [0.5, 0.6) is 0 Å². The lowest BCUT2D eigenvalue weighted by molar-refractivity contribution is 0.0114. The van der Waals surface area contributed by atoms with Crippen molar-refractivity contribution in [3.63, 3.8) is 0 Å². The summed E-state index contributed by atoms with van der Waals surface area (Å²) in [4.78, 5) is 25.2. The second-order valence-electron chi connectivity index (χ2n) is 5.29. The van der Waals surface area contributed by atoms with Crippen LogP contribution in [0, 0.1) is 0 Å². The van der Waals surface area contributed by atoms with Crippen LogP contribution in [0.2, 0.25) is 0 Å². The lowest BCUT2D eigenvalue weighted by Crippen LogP contribution is -2.26. The summed E-state index contributed by atoms with van der Waals surface area (Å²) in [5, 5.41) is 0. The maximum absolute atomic E-state index is 12.0. The van der Waals surface area contributed by atoms with Gasteiger partial charge in [0.25, 0.3) is 10.1 Å². The Kier molecular flexibility index (Phi) is 4.35. The summed E-state index contributed by atoms with van der Waals surface area (Å²) in [5.74, 6) is 1.57. The van der Waals surface area contributed by atoms with Gasteiger partial charge < -0.3 is 4.74 Å². The number of hydrogen-bond acceptors (Lipinski definition) is 7. The molecule has 2 aliphatic rings. The number of amides is 1. The van der Waals surface area contributed by atoms with Gasteiger partial charge in [-0.1, -0.05) is 0 Å². The number of carbonyl (C=O) groups excluding carboxylic acids is 2. The van der Waals surface area contributed by atoms with Crippen LogP contribution in [0.1, 0.15) is 22.3 Å². The molecule has 0 N–H and O–H groups in total. The van der Waals surface area contributed by atoms with E-state index in [2.05, 4.69) is 0 Å². The largest absolute Gasteiger partial charge is 0.416 e. The minimum absolute atomic E-state index is 0.0220. The molecule has 1 aromatic carbocycles. The van der Waals surface area contributed by atoms with Gasteiger partial charge in [0.1, 0.15) is 0 Å². The number of ether oxygens (including phenoxy) is 1. The Bertz CT molecular complexity index is 761. The Morgan fingerprint density at radius 3 is 2.87 bits per heavy atom. The average Bonchev–Trinajstić information content (AvgIpc) is 2.70. The monoisotopic (exact) mass is 357 g/mol. The first kappa shape index (κ1) is 16.3. The predicted octanol–water partition coefficient (Wildman–Crippen LogP) is 1.77. The van der Waals surface area contributed by atoms with Gasteiger partial charge in [-0.2, -0.15) is 20.2 Å². The van der Waals surface area contributed by atoms with E-state index in [0.717, 1.165) is 17.6 Å². The molecule has 0 bridgehead atoms. The predicted molar refractivity (Wildman–Crippen MR) is 85.1 cm³/mol. The van der Waals surface area contributed by atoms with E-state index in [4.69, 9.17) is 8.92 Å². The third-order valence-electron chi connectivity index (χ3n) is 3.50. The third kappa shape index (κ3) is 3.67. The van der Waals surface area contributed by atoms with Gasteiger partial charge in [0.2, 0.25) is 6.29 Å². The van der Waals surface area contributed by atoms with E-state index in [-0.39, 0.29) is 12.3 Å². The van der Waals surface area contributed by atoms with E-state index in [1.165, 1.54) is 4.90 Å². The summed E-state index contributed by atoms with van der Waals surface area (Å²) >= 11 is 1.66. The third-order valence-corrected chi connectivity index (χ3v) is 5.07. The van der Waals surface area contributed by atoms with Gasteiger partial charge in [-0.05, 0) is 23.8 Å². The van der Waals surface area contributed by atoms with E-state index in [0.29, 0.717) is 23.4 Å². The summed E-state index contributed by atoms with van der Waals surface area (Å²) < 4.78 is 31.9. The van der Waals surface area contributed by atoms with Crippen LogP contribution in [0.15, 0.2) is 18.2 Å². The van der Waals surface area contributed by atoms with Crippen molar-refractivity contribution in [2.24, 2.45) is 0 Å². The Morgan fingerprint density at radius 1 is 1.35 bits per heavy atom. The Hall–Kier alpha value is -1.58. The van der Waals surface area contributed by atoms with E-state index in [9.17, 15) is 18.0 Å². The second-order valence-corrected chi connectivity index (χ2v) is 8.00. The lowest BCUT2D eigenvalue weighted by atomic mass is 10.0. The quantitative estimate of drug-likeness (QED) is 0.762. The number of thioether (sulfide) groups is 1. The van der Waals surface area contributed by atoms with Crippen molar-refractivity contribution >= 4 is 39.4 Å². The highest BCUT2D eigenvalue weighted by molar-refractivity contribution is 7.98. The van der Waals surface area contributed by atoms with Gasteiger partial charge in [0, 0.05) is 29.2 Å². The first-order chi connectivity index (χ1) is 10.8. The molecule has 23 heavy (non-hydrogen) atoms. The number of anilines is 1. The molecular weight excluding hydrogens is 342 g/mol. The smallest absolute Gasteiger partial charge is 0.416 e. The molecule has 0 aromatic heterocycles. The van der Waals surface area contributed by atoms with E-state index in [1.807, 2.05) is 0 Å². The number of nitrogens with zero attached hydrogens (tertiary/aromatic N) is 1. The zero-order chi connectivity index (χ0) is 16.6. The van der Waals surface area contributed by atoms with Crippen molar-refractivity contribution in [2.75, 3.05) is 23.5 Å². The molecule has 3 rings (SSSR count). The second kappa shape index (κ2) is 6.14. The van der Waals surface area contributed by atoms with Gasteiger partial charge in [-0.25, -0.2) is 8.98 Å². The standard InChI is InChI=1S/C14H15NO6S2/c1-23(18,19)21-13-7-15(14(17)20-13)10-2-3-11-9(6-10)8-22-5-4-12(11)16/h2-3,6,13H,4-5,7-8H2,1H3/t13-/m0/s1. The maximum atomic E-state index is 12.0. The zero-order valence-corrected chi connectivity index (χ0v) is 14.0. The van der Waals surface area contributed by atoms with Crippen LogP contribution < -0.4 is 4.90 Å². The molecule has 0 aliphatic carbocycles. The summed E-state index contributed by atoms with van der Waals surface area (Å²) in [6.45, 7) is -0.0220. The van der Waals surface area contributed by atoms with Crippen LogP contribution in [0.25, 0.3) is 0 Å². The molecule has 1 fully saturated rings. The van der Waals surface area contributed by atoms with Crippen molar-refractivity contribution in [3.05, 3.63) is 29.3 Å². The van der Waals surface area contributed by atoms with Crippen molar-refractivity contribution in [2.45, 2.75) is 18.5 Å². The van der Waals surface area contributed by atoms with Crippen molar-refractivity contribution in [3.8, 4) is 0 Å². The minimum Gasteiger partial charge on any atom is -0.416 e. The molecule has 124 valence electrons. The number of rotatable bonds is 3. The molecule has 1 saturated heterocycles. The highest BCUT2D eigenvalue weighted by Gasteiger charge is 2.35. The number of benzene rings is 1. The van der Waals surface area contributed by atoms with Gasteiger partial charge >= 0.3 is 6.09 Å². The zero-order valence-electron chi connectivity index (χ0n) is 12.4. The SMILES string of the molecule is CS(=O)(=O)O[C@H]1CN(c2ccc3c(c2)CSCCC3=O)C(=O)O1. The maximum Gasteiger partial charge on any atom is 0.416 e. The molecule has 0 spiro atoms. The number of hydrogen-bond donors (Lipinski definition) is 0. The molecule has 9 heteroatoms. The molecule has 7 nitrogen and oxygen atoms in total. The number of carbonyl (C=O) groups is 2. The number of Topliss-reactive ketones (excluding diaryl/α,β-unsaturated/α-hetero) is 1. The van der Waals surface area contributed by atoms with E-state index >= 15 is 0 Å². The Labute approximate surface area is 138 Å². The normalized spacial score (nSPS) is 21.8. The fourth-order valence-electron chi connectivity index (χ4n) is 2.51. The average molecular weight is 357 g/mol. The summed E-state index contributed by atoms with van der Waals surface area (Å²) in [5.41, 5.74) is 2.11. The number of cyclic esters (lactones) is 1. The van der Waals surface area contributed by atoms with Gasteiger partial charge in [0.05, 0.1) is 12.8 Å².